The van der Waals surface area contributed by atoms with Crippen LogP contribution in [0.3, 0.4) is 0 Å². The molecule has 122 valence electrons. The number of phenols is 2. The number of hydrogen-bond acceptors (Lipinski definition) is 6. The van der Waals surface area contributed by atoms with Crippen LogP contribution in [-0.4, -0.2) is 72.6 Å². The molecule has 0 amide bonds. The number of benzene rings is 1. The van der Waals surface area contributed by atoms with Crippen LogP contribution in [0.4, 0.5) is 0 Å². The number of nitrogens with zero attached hydrogens (tertiary/aromatic N) is 2. The van der Waals surface area contributed by atoms with Crippen LogP contribution >= 0.6 is 0 Å². The average molecular weight is 308 g/mol. The lowest BCUT2D eigenvalue weighted by Crippen LogP contribution is -2.36. The number of phenolic OH excluding ortho intramolecular Hbond substituents is 2. The van der Waals surface area contributed by atoms with Gasteiger partial charge in [0.2, 0.25) is 0 Å². The summed E-state index contributed by atoms with van der Waals surface area (Å²) >= 11 is 0. The van der Waals surface area contributed by atoms with E-state index in [9.17, 15) is 10.2 Å². The molecule has 2 heterocycles. The Morgan fingerprint density at radius 2 is 1.36 bits per heavy atom. The van der Waals surface area contributed by atoms with Gasteiger partial charge in [-0.2, -0.15) is 0 Å². The summed E-state index contributed by atoms with van der Waals surface area (Å²) in [5, 5.41) is 20.1. The molecule has 2 saturated heterocycles. The van der Waals surface area contributed by atoms with Gasteiger partial charge in [0.1, 0.15) is 0 Å². The Hall–Kier alpha value is -1.34. The molecule has 22 heavy (non-hydrogen) atoms. The molecule has 3 rings (SSSR count). The van der Waals surface area contributed by atoms with Gasteiger partial charge in [-0.3, -0.25) is 9.80 Å². The highest BCUT2D eigenvalue weighted by Crippen LogP contribution is 2.32. The van der Waals surface area contributed by atoms with Crippen LogP contribution in [0.2, 0.25) is 0 Å². The summed E-state index contributed by atoms with van der Waals surface area (Å²) in [6.07, 6.45) is 0. The van der Waals surface area contributed by atoms with E-state index in [0.29, 0.717) is 6.54 Å². The second-order valence-electron chi connectivity index (χ2n) is 5.90. The van der Waals surface area contributed by atoms with Crippen molar-refractivity contribution in [3.63, 3.8) is 0 Å². The van der Waals surface area contributed by atoms with Crippen molar-refractivity contribution in [2.24, 2.45) is 0 Å². The lowest BCUT2D eigenvalue weighted by Gasteiger charge is -2.28. The van der Waals surface area contributed by atoms with Gasteiger partial charge >= 0.3 is 0 Å². The minimum absolute atomic E-state index is 0.00257. The molecule has 0 aliphatic carbocycles. The van der Waals surface area contributed by atoms with Gasteiger partial charge in [0.25, 0.3) is 0 Å². The first kappa shape index (κ1) is 15.6. The predicted octanol–water partition coefficient (Wildman–Crippen LogP) is 0.762. The fourth-order valence-electron chi connectivity index (χ4n) is 2.97. The van der Waals surface area contributed by atoms with Crippen molar-refractivity contribution >= 4 is 0 Å². The number of rotatable bonds is 4. The maximum Gasteiger partial charge on any atom is 0.162 e. The Kier molecular flexibility index (Phi) is 5.15. The Morgan fingerprint density at radius 3 is 1.95 bits per heavy atom. The second-order valence-corrected chi connectivity index (χ2v) is 5.90. The molecule has 2 aliphatic rings. The van der Waals surface area contributed by atoms with Gasteiger partial charge in [-0.25, -0.2) is 0 Å². The minimum Gasteiger partial charge on any atom is -0.504 e. The molecule has 2 fully saturated rings. The molecule has 0 bridgehead atoms. The molecular weight excluding hydrogens is 284 g/mol. The molecule has 1 aromatic rings. The Morgan fingerprint density at radius 1 is 0.818 bits per heavy atom. The molecular formula is C16H24N2O4. The maximum atomic E-state index is 10.1. The highest BCUT2D eigenvalue weighted by molar-refractivity contribution is 5.47. The minimum atomic E-state index is -0.0333. The van der Waals surface area contributed by atoms with E-state index in [1.54, 1.807) is 6.07 Å². The number of ether oxygens (including phenoxy) is 2. The van der Waals surface area contributed by atoms with Crippen LogP contribution in [0.1, 0.15) is 11.1 Å². The van der Waals surface area contributed by atoms with Crippen molar-refractivity contribution in [2.45, 2.75) is 13.1 Å². The summed E-state index contributed by atoms with van der Waals surface area (Å²) < 4.78 is 10.7. The third-order valence-corrected chi connectivity index (χ3v) is 4.24. The van der Waals surface area contributed by atoms with E-state index >= 15 is 0 Å². The Labute approximate surface area is 130 Å². The van der Waals surface area contributed by atoms with E-state index < -0.39 is 0 Å². The van der Waals surface area contributed by atoms with Crippen molar-refractivity contribution in [1.29, 1.82) is 0 Å². The van der Waals surface area contributed by atoms with Crippen LogP contribution < -0.4 is 0 Å². The van der Waals surface area contributed by atoms with Gasteiger partial charge in [0.05, 0.1) is 26.4 Å². The summed E-state index contributed by atoms with van der Waals surface area (Å²) in [6, 6.07) is 3.66. The van der Waals surface area contributed by atoms with E-state index in [-0.39, 0.29) is 11.5 Å². The van der Waals surface area contributed by atoms with Crippen molar-refractivity contribution in [3.8, 4) is 11.5 Å². The van der Waals surface area contributed by atoms with Crippen LogP contribution in [0.15, 0.2) is 12.1 Å². The number of morpholine rings is 2. The zero-order chi connectivity index (χ0) is 15.4. The Balaban J connectivity index is 1.70. The first-order chi connectivity index (χ1) is 10.7. The third kappa shape index (κ3) is 3.89. The van der Waals surface area contributed by atoms with Crippen LogP contribution in [0.25, 0.3) is 0 Å². The van der Waals surface area contributed by atoms with E-state index in [2.05, 4.69) is 9.80 Å². The molecule has 0 radical (unpaired) electrons. The summed E-state index contributed by atoms with van der Waals surface area (Å²) in [5.41, 5.74) is 1.81. The molecule has 0 unspecified atom stereocenters. The first-order valence-corrected chi connectivity index (χ1v) is 7.86. The van der Waals surface area contributed by atoms with Gasteiger partial charge < -0.3 is 19.7 Å². The molecule has 2 aliphatic heterocycles. The van der Waals surface area contributed by atoms with Gasteiger partial charge in [0, 0.05) is 44.8 Å². The highest BCUT2D eigenvalue weighted by Gasteiger charge is 2.17. The first-order valence-electron chi connectivity index (χ1n) is 7.86. The van der Waals surface area contributed by atoms with Gasteiger partial charge in [-0.05, 0) is 17.7 Å². The molecule has 6 nitrogen and oxygen atoms in total. The van der Waals surface area contributed by atoms with E-state index in [1.807, 2.05) is 6.07 Å². The molecule has 0 saturated carbocycles. The van der Waals surface area contributed by atoms with E-state index in [1.165, 1.54) is 0 Å². The van der Waals surface area contributed by atoms with Crippen molar-refractivity contribution in [3.05, 3.63) is 23.3 Å². The van der Waals surface area contributed by atoms with Crippen LogP contribution in [0, 0.1) is 0 Å². The lowest BCUT2D eigenvalue weighted by atomic mass is 10.1. The number of hydrogen-bond donors (Lipinski definition) is 2. The van der Waals surface area contributed by atoms with Gasteiger partial charge in [-0.15, -0.1) is 0 Å². The van der Waals surface area contributed by atoms with Crippen molar-refractivity contribution in [1.82, 2.24) is 9.80 Å². The van der Waals surface area contributed by atoms with Crippen LogP contribution in [-0.2, 0) is 22.6 Å². The summed E-state index contributed by atoms with van der Waals surface area (Å²) in [6.45, 7) is 7.88. The standard InChI is InChI=1S/C16H24N2O4/c19-15-10-13(11-17-1-5-21-6-2-17)9-14(16(15)20)12-18-3-7-22-8-4-18/h9-10,19-20H,1-8,11-12H2. The quantitative estimate of drug-likeness (QED) is 0.801. The molecule has 1 aromatic carbocycles. The van der Waals surface area contributed by atoms with Crippen LogP contribution in [0.5, 0.6) is 11.5 Å². The summed E-state index contributed by atoms with van der Waals surface area (Å²) in [7, 11) is 0. The second kappa shape index (κ2) is 7.28. The molecule has 0 spiro atoms. The normalized spacial score (nSPS) is 21.1. The van der Waals surface area contributed by atoms with Gasteiger partial charge in [-0.1, -0.05) is 0 Å². The Bertz CT molecular complexity index is 497. The average Bonchev–Trinajstić information content (AvgIpc) is 2.54. The SMILES string of the molecule is Oc1cc(CN2CCOCC2)cc(CN2CCOCC2)c1O. The van der Waals surface area contributed by atoms with Gasteiger partial charge in [0.15, 0.2) is 11.5 Å². The van der Waals surface area contributed by atoms with E-state index in [0.717, 1.165) is 70.3 Å². The smallest absolute Gasteiger partial charge is 0.162 e. The summed E-state index contributed by atoms with van der Waals surface area (Å²) in [4.78, 5) is 4.53. The highest BCUT2D eigenvalue weighted by atomic mass is 16.5. The zero-order valence-electron chi connectivity index (χ0n) is 12.8. The zero-order valence-corrected chi connectivity index (χ0v) is 12.8. The fourth-order valence-corrected chi connectivity index (χ4v) is 2.97. The topological polar surface area (TPSA) is 65.4 Å². The van der Waals surface area contributed by atoms with Crippen molar-refractivity contribution < 1.29 is 19.7 Å². The monoisotopic (exact) mass is 308 g/mol. The van der Waals surface area contributed by atoms with Crippen molar-refractivity contribution in [2.75, 3.05) is 52.6 Å². The van der Waals surface area contributed by atoms with E-state index in [4.69, 9.17) is 9.47 Å². The lowest BCUT2D eigenvalue weighted by molar-refractivity contribution is 0.0331. The third-order valence-electron chi connectivity index (χ3n) is 4.24. The predicted molar refractivity (Wildman–Crippen MR) is 82.0 cm³/mol. The molecule has 0 aromatic heterocycles. The number of aromatic hydroxyl groups is 2. The molecule has 6 heteroatoms. The fraction of sp³-hybridized carbons (Fsp3) is 0.625. The summed E-state index contributed by atoms with van der Waals surface area (Å²) in [5.74, 6) is -0.0359. The molecule has 2 N–H and O–H groups in total. The maximum absolute atomic E-state index is 10.1. The largest absolute Gasteiger partial charge is 0.504 e. The molecule has 0 atom stereocenters.